The van der Waals surface area contributed by atoms with E-state index in [1.807, 2.05) is 36.4 Å². The number of fused-ring (bicyclic) bond motifs is 1. The van der Waals surface area contributed by atoms with Crippen LogP contribution in [0.5, 0.6) is 0 Å². The molecular formula is C25H26N2O3S. The van der Waals surface area contributed by atoms with Gasteiger partial charge in [0.2, 0.25) is 5.91 Å². The van der Waals surface area contributed by atoms with Crippen LogP contribution >= 0.6 is 0 Å². The zero-order valence-corrected chi connectivity index (χ0v) is 18.7. The van der Waals surface area contributed by atoms with Gasteiger partial charge in [0.15, 0.2) is 9.84 Å². The molecule has 0 radical (unpaired) electrons. The van der Waals surface area contributed by atoms with Gasteiger partial charge >= 0.3 is 0 Å². The fourth-order valence-corrected chi connectivity index (χ4v) is 4.94. The second-order valence-corrected chi connectivity index (χ2v) is 10.9. The van der Waals surface area contributed by atoms with Gasteiger partial charge in [0.05, 0.1) is 10.9 Å². The van der Waals surface area contributed by atoms with Gasteiger partial charge in [-0.2, -0.15) is 0 Å². The molecule has 0 saturated heterocycles. The number of anilines is 1. The van der Waals surface area contributed by atoms with Crippen LogP contribution in [-0.4, -0.2) is 20.6 Å². The van der Waals surface area contributed by atoms with Crippen LogP contribution in [0.4, 0.5) is 5.69 Å². The van der Waals surface area contributed by atoms with Crippen molar-refractivity contribution in [1.29, 1.82) is 0 Å². The Kier molecular flexibility index (Phi) is 5.13. The van der Waals surface area contributed by atoms with Crippen molar-refractivity contribution in [1.82, 2.24) is 0 Å². The van der Waals surface area contributed by atoms with E-state index in [4.69, 9.17) is 5.73 Å². The number of rotatable bonds is 4. The highest BCUT2D eigenvalue weighted by atomic mass is 32.2. The van der Waals surface area contributed by atoms with Crippen LogP contribution in [0.15, 0.2) is 71.6 Å². The van der Waals surface area contributed by atoms with Crippen LogP contribution < -0.4 is 11.1 Å². The maximum Gasteiger partial charge on any atom is 0.248 e. The van der Waals surface area contributed by atoms with Gasteiger partial charge < -0.3 is 11.1 Å². The molecule has 4 rings (SSSR count). The predicted molar refractivity (Wildman–Crippen MR) is 124 cm³/mol. The standard InChI is InChI=1S/C25H26N2O3S/c1-25(2)15-20-14-19(24(26)28)9-12-22(20)27-23(25)18-6-4-5-17(13-18)16-7-10-21(11-8-16)31(3,29)30/h4-14,23,27H,15H2,1-3H3,(H2,26,28). The van der Waals surface area contributed by atoms with E-state index in [2.05, 4.69) is 31.3 Å². The minimum atomic E-state index is -3.22. The van der Waals surface area contributed by atoms with Crippen molar-refractivity contribution in [2.24, 2.45) is 11.1 Å². The number of sulfone groups is 1. The summed E-state index contributed by atoms with van der Waals surface area (Å²) in [6.07, 6.45) is 2.03. The molecule has 3 aromatic rings. The van der Waals surface area contributed by atoms with Crippen molar-refractivity contribution >= 4 is 21.4 Å². The Morgan fingerprint density at radius 1 is 1.00 bits per heavy atom. The minimum absolute atomic E-state index is 0.0784. The third kappa shape index (κ3) is 4.21. The molecule has 1 unspecified atom stereocenters. The molecule has 3 N–H and O–H groups in total. The zero-order chi connectivity index (χ0) is 22.4. The number of hydrogen-bond donors (Lipinski definition) is 2. The van der Waals surface area contributed by atoms with Crippen LogP contribution in [0, 0.1) is 5.41 Å². The number of primary amides is 1. The summed E-state index contributed by atoms with van der Waals surface area (Å²) in [4.78, 5) is 11.9. The lowest BCUT2D eigenvalue weighted by Gasteiger charge is -2.41. The molecule has 1 heterocycles. The Hall–Kier alpha value is -3.12. The van der Waals surface area contributed by atoms with Crippen molar-refractivity contribution in [3.8, 4) is 11.1 Å². The van der Waals surface area contributed by atoms with Crippen molar-refractivity contribution < 1.29 is 13.2 Å². The van der Waals surface area contributed by atoms with Crippen LogP contribution in [0.2, 0.25) is 0 Å². The third-order valence-corrected chi connectivity index (χ3v) is 7.08. The third-order valence-electron chi connectivity index (χ3n) is 5.95. The predicted octanol–water partition coefficient (Wildman–Crippen LogP) is 4.59. The van der Waals surface area contributed by atoms with Gasteiger partial charge in [-0.3, -0.25) is 4.79 Å². The smallest absolute Gasteiger partial charge is 0.248 e. The number of carbonyl (C=O) groups excluding carboxylic acids is 1. The van der Waals surface area contributed by atoms with Crippen LogP contribution in [0.25, 0.3) is 11.1 Å². The van der Waals surface area contributed by atoms with E-state index in [-0.39, 0.29) is 11.5 Å². The summed E-state index contributed by atoms with van der Waals surface area (Å²) in [5.74, 6) is -0.419. The fourth-order valence-electron chi connectivity index (χ4n) is 4.30. The lowest BCUT2D eigenvalue weighted by atomic mass is 9.72. The first-order valence-electron chi connectivity index (χ1n) is 10.1. The first kappa shape index (κ1) is 21.1. The largest absolute Gasteiger partial charge is 0.377 e. The Balaban J connectivity index is 1.68. The lowest BCUT2D eigenvalue weighted by molar-refractivity contribution is 0.1000. The van der Waals surface area contributed by atoms with Gasteiger partial charge in [-0.15, -0.1) is 0 Å². The SMILES string of the molecule is CC1(C)Cc2cc(C(N)=O)ccc2NC1c1cccc(-c2ccc(S(C)(=O)=O)cc2)c1. The van der Waals surface area contributed by atoms with Crippen LogP contribution in [-0.2, 0) is 16.3 Å². The number of carbonyl (C=O) groups is 1. The average Bonchev–Trinajstić information content (AvgIpc) is 2.71. The molecule has 3 aromatic carbocycles. The molecule has 0 bridgehead atoms. The Labute approximate surface area is 183 Å². The molecule has 0 fully saturated rings. The maximum atomic E-state index is 11.7. The Bertz CT molecular complexity index is 1260. The normalized spacial score (nSPS) is 17.5. The molecule has 6 heteroatoms. The van der Waals surface area contributed by atoms with Gasteiger partial charge in [0.1, 0.15) is 0 Å². The monoisotopic (exact) mass is 434 g/mol. The van der Waals surface area contributed by atoms with E-state index in [0.29, 0.717) is 10.5 Å². The minimum Gasteiger partial charge on any atom is -0.377 e. The molecule has 1 aliphatic heterocycles. The topological polar surface area (TPSA) is 89.3 Å². The highest BCUT2D eigenvalue weighted by Gasteiger charge is 2.36. The molecule has 1 atom stereocenters. The van der Waals surface area contributed by atoms with E-state index in [1.54, 1.807) is 18.2 Å². The van der Waals surface area contributed by atoms with Crippen molar-refractivity contribution in [3.63, 3.8) is 0 Å². The number of amides is 1. The van der Waals surface area contributed by atoms with Crippen molar-refractivity contribution in [3.05, 3.63) is 83.4 Å². The lowest BCUT2D eigenvalue weighted by Crippen LogP contribution is -2.35. The molecule has 1 amide bonds. The van der Waals surface area contributed by atoms with Crippen LogP contribution in [0.3, 0.4) is 0 Å². The molecule has 0 saturated carbocycles. The molecule has 5 nitrogen and oxygen atoms in total. The zero-order valence-electron chi connectivity index (χ0n) is 17.8. The summed E-state index contributed by atoms with van der Waals surface area (Å²) >= 11 is 0. The van der Waals surface area contributed by atoms with E-state index in [0.717, 1.165) is 34.4 Å². The highest BCUT2D eigenvalue weighted by molar-refractivity contribution is 7.90. The molecule has 1 aliphatic rings. The van der Waals surface area contributed by atoms with E-state index in [1.165, 1.54) is 6.26 Å². The quantitative estimate of drug-likeness (QED) is 0.628. The molecule has 0 aromatic heterocycles. The Morgan fingerprint density at radius 3 is 2.35 bits per heavy atom. The van der Waals surface area contributed by atoms with Gasteiger partial charge in [-0.05, 0) is 70.5 Å². The van der Waals surface area contributed by atoms with Gasteiger partial charge in [0, 0.05) is 17.5 Å². The Morgan fingerprint density at radius 2 is 1.71 bits per heavy atom. The molecule has 31 heavy (non-hydrogen) atoms. The molecule has 0 aliphatic carbocycles. The first-order chi connectivity index (χ1) is 14.5. The number of hydrogen-bond acceptors (Lipinski definition) is 4. The number of nitrogens with two attached hydrogens (primary N) is 1. The first-order valence-corrected chi connectivity index (χ1v) is 12.0. The summed E-state index contributed by atoms with van der Waals surface area (Å²) in [7, 11) is -3.22. The van der Waals surface area contributed by atoms with Crippen molar-refractivity contribution in [2.45, 2.75) is 31.2 Å². The summed E-state index contributed by atoms with van der Waals surface area (Å²) < 4.78 is 23.5. The summed E-state index contributed by atoms with van der Waals surface area (Å²) in [5, 5.41) is 3.65. The molecule has 160 valence electrons. The van der Waals surface area contributed by atoms with Gasteiger partial charge in [-0.25, -0.2) is 8.42 Å². The second-order valence-electron chi connectivity index (χ2n) is 8.90. The molecule has 0 spiro atoms. The second kappa shape index (κ2) is 7.54. The number of benzene rings is 3. The summed E-state index contributed by atoms with van der Waals surface area (Å²) in [5.41, 5.74) is 11.1. The average molecular weight is 435 g/mol. The number of nitrogens with one attached hydrogen (secondary N) is 1. The molecular weight excluding hydrogens is 408 g/mol. The summed E-state index contributed by atoms with van der Waals surface area (Å²) in [6, 6.07) is 20.9. The van der Waals surface area contributed by atoms with Gasteiger partial charge in [-0.1, -0.05) is 44.2 Å². The fraction of sp³-hybridized carbons (Fsp3) is 0.240. The van der Waals surface area contributed by atoms with Gasteiger partial charge in [0.25, 0.3) is 0 Å². The van der Waals surface area contributed by atoms with Crippen LogP contribution in [0.1, 0.15) is 41.4 Å². The summed E-state index contributed by atoms with van der Waals surface area (Å²) in [6.45, 7) is 4.41. The highest BCUT2D eigenvalue weighted by Crippen LogP contribution is 2.45. The van der Waals surface area contributed by atoms with E-state index >= 15 is 0 Å². The van der Waals surface area contributed by atoms with E-state index in [9.17, 15) is 13.2 Å². The van der Waals surface area contributed by atoms with E-state index < -0.39 is 15.7 Å². The van der Waals surface area contributed by atoms with Crippen molar-refractivity contribution in [2.75, 3.05) is 11.6 Å². The maximum absolute atomic E-state index is 11.7.